The summed E-state index contributed by atoms with van der Waals surface area (Å²) in [5.74, 6) is -0.241. The molecule has 0 spiro atoms. The highest BCUT2D eigenvalue weighted by Gasteiger charge is 2.14. The van der Waals surface area contributed by atoms with E-state index < -0.39 is 0 Å². The fourth-order valence-electron chi connectivity index (χ4n) is 2.23. The molecule has 0 fully saturated rings. The van der Waals surface area contributed by atoms with Crippen molar-refractivity contribution in [1.82, 2.24) is 4.98 Å². The Hall–Kier alpha value is -2.68. The van der Waals surface area contributed by atoms with Gasteiger partial charge in [0, 0.05) is 11.9 Å². The molecule has 21 heavy (non-hydrogen) atoms. The number of hydrogen-bond donors (Lipinski definition) is 1. The molecule has 1 heterocycles. The third kappa shape index (κ3) is 3.26. The Morgan fingerprint density at radius 1 is 0.810 bits per heavy atom. The molecule has 1 aromatic heterocycles. The van der Waals surface area contributed by atoms with Gasteiger partial charge >= 0.3 is 0 Å². The number of rotatable bonds is 4. The van der Waals surface area contributed by atoms with E-state index in [1.165, 1.54) is 12.1 Å². The molecular weight excluding hydrogens is 263 g/mol. The number of pyridine rings is 1. The first-order valence-corrected chi connectivity index (χ1v) is 6.81. The van der Waals surface area contributed by atoms with Gasteiger partial charge in [-0.2, -0.15) is 0 Å². The number of nitrogens with zero attached hydrogens (tertiary/aromatic N) is 1. The molecule has 0 amide bonds. The monoisotopic (exact) mass is 278 g/mol. The maximum atomic E-state index is 13.0. The number of halogens is 1. The van der Waals surface area contributed by atoms with Crippen LogP contribution in [0.1, 0.15) is 17.3 Å². The zero-order chi connectivity index (χ0) is 14.5. The lowest BCUT2D eigenvalue weighted by molar-refractivity contribution is 0.628. The Balaban J connectivity index is 1.95. The lowest BCUT2D eigenvalue weighted by Crippen LogP contribution is -2.13. The second-order valence-electron chi connectivity index (χ2n) is 4.75. The first kappa shape index (κ1) is 13.3. The van der Waals surface area contributed by atoms with Gasteiger partial charge in [0.05, 0.1) is 11.7 Å². The van der Waals surface area contributed by atoms with E-state index >= 15 is 0 Å². The maximum Gasteiger partial charge on any atom is 0.123 e. The molecular formula is C18H15FN2. The minimum absolute atomic E-state index is 0.0714. The topological polar surface area (TPSA) is 24.9 Å². The Labute approximate surface area is 123 Å². The fraction of sp³-hybridized carbons (Fsp3) is 0.0556. The number of anilines is 1. The van der Waals surface area contributed by atoms with Crippen LogP contribution in [-0.2, 0) is 0 Å². The minimum atomic E-state index is -0.241. The smallest absolute Gasteiger partial charge is 0.123 e. The van der Waals surface area contributed by atoms with Crippen molar-refractivity contribution in [3.8, 4) is 0 Å². The number of benzene rings is 2. The van der Waals surface area contributed by atoms with E-state index in [2.05, 4.69) is 22.4 Å². The number of aromatic nitrogens is 1. The summed E-state index contributed by atoms with van der Waals surface area (Å²) in [6, 6.07) is 22.2. The van der Waals surface area contributed by atoms with Crippen LogP contribution in [0.15, 0.2) is 79.0 Å². The predicted molar refractivity (Wildman–Crippen MR) is 82.5 cm³/mol. The van der Waals surface area contributed by atoms with E-state index in [0.29, 0.717) is 0 Å². The molecule has 3 rings (SSSR count). The van der Waals surface area contributed by atoms with Crippen LogP contribution in [0.3, 0.4) is 0 Å². The first-order valence-electron chi connectivity index (χ1n) is 6.81. The summed E-state index contributed by atoms with van der Waals surface area (Å²) in [4.78, 5) is 4.43. The number of hydrogen-bond acceptors (Lipinski definition) is 2. The van der Waals surface area contributed by atoms with Gasteiger partial charge in [-0.25, -0.2) is 4.39 Å². The zero-order valence-corrected chi connectivity index (χ0v) is 11.4. The molecule has 104 valence electrons. The van der Waals surface area contributed by atoms with E-state index in [4.69, 9.17) is 0 Å². The molecule has 0 aliphatic carbocycles. The van der Waals surface area contributed by atoms with Gasteiger partial charge in [0.1, 0.15) is 5.82 Å². The van der Waals surface area contributed by atoms with Crippen LogP contribution in [0.2, 0.25) is 0 Å². The van der Waals surface area contributed by atoms with Gasteiger partial charge in [0.2, 0.25) is 0 Å². The average molecular weight is 278 g/mol. The molecule has 0 aliphatic heterocycles. The van der Waals surface area contributed by atoms with Crippen molar-refractivity contribution in [3.63, 3.8) is 0 Å². The van der Waals surface area contributed by atoms with Crippen LogP contribution < -0.4 is 5.32 Å². The van der Waals surface area contributed by atoms with Gasteiger partial charge in [-0.3, -0.25) is 4.98 Å². The second kappa shape index (κ2) is 6.18. The first-order chi connectivity index (χ1) is 10.3. The Bertz CT molecular complexity index is 642. The molecule has 0 aliphatic rings. The quantitative estimate of drug-likeness (QED) is 0.764. The van der Waals surface area contributed by atoms with Crippen molar-refractivity contribution in [2.24, 2.45) is 0 Å². The third-order valence-electron chi connectivity index (χ3n) is 3.27. The van der Waals surface area contributed by atoms with Crippen LogP contribution in [-0.4, -0.2) is 4.98 Å². The molecule has 1 N–H and O–H groups in total. The normalized spacial score (nSPS) is 11.9. The molecule has 1 unspecified atom stereocenters. The third-order valence-corrected chi connectivity index (χ3v) is 3.27. The van der Waals surface area contributed by atoms with Crippen LogP contribution in [0.5, 0.6) is 0 Å². The van der Waals surface area contributed by atoms with E-state index in [9.17, 15) is 4.39 Å². The van der Waals surface area contributed by atoms with Crippen molar-refractivity contribution in [2.75, 3.05) is 5.32 Å². The highest BCUT2D eigenvalue weighted by atomic mass is 19.1. The number of nitrogens with one attached hydrogen (secondary N) is 1. The van der Waals surface area contributed by atoms with Crippen molar-refractivity contribution in [1.29, 1.82) is 0 Å². The van der Waals surface area contributed by atoms with Crippen LogP contribution >= 0.6 is 0 Å². The van der Waals surface area contributed by atoms with Crippen molar-refractivity contribution < 1.29 is 4.39 Å². The van der Waals surface area contributed by atoms with Gasteiger partial charge in [-0.15, -0.1) is 0 Å². The molecule has 0 saturated heterocycles. The fourth-order valence-corrected chi connectivity index (χ4v) is 2.23. The van der Waals surface area contributed by atoms with Crippen LogP contribution in [0.4, 0.5) is 10.1 Å². The summed E-state index contributed by atoms with van der Waals surface area (Å²) >= 11 is 0. The molecule has 0 radical (unpaired) electrons. The summed E-state index contributed by atoms with van der Waals surface area (Å²) in [6.45, 7) is 0. The second-order valence-corrected chi connectivity index (χ2v) is 4.75. The van der Waals surface area contributed by atoms with Gasteiger partial charge in [0.25, 0.3) is 0 Å². The molecule has 2 nitrogen and oxygen atoms in total. The molecule has 3 aromatic rings. The zero-order valence-electron chi connectivity index (χ0n) is 11.4. The van der Waals surface area contributed by atoms with Gasteiger partial charge in [-0.05, 0) is 42.0 Å². The summed E-state index contributed by atoms with van der Waals surface area (Å²) < 4.78 is 13.0. The van der Waals surface area contributed by atoms with Crippen LogP contribution in [0.25, 0.3) is 0 Å². The Kier molecular flexibility index (Phi) is 3.92. The molecule has 3 heteroatoms. The van der Waals surface area contributed by atoms with Gasteiger partial charge in [-0.1, -0.05) is 36.4 Å². The van der Waals surface area contributed by atoms with Crippen molar-refractivity contribution in [2.45, 2.75) is 6.04 Å². The summed E-state index contributed by atoms with van der Waals surface area (Å²) in [6.07, 6.45) is 1.78. The van der Waals surface area contributed by atoms with E-state index in [-0.39, 0.29) is 11.9 Å². The largest absolute Gasteiger partial charge is 0.373 e. The van der Waals surface area contributed by atoms with E-state index in [0.717, 1.165) is 16.9 Å². The van der Waals surface area contributed by atoms with Crippen molar-refractivity contribution >= 4 is 5.69 Å². The maximum absolute atomic E-state index is 13.0. The minimum Gasteiger partial charge on any atom is -0.373 e. The molecule has 0 saturated carbocycles. The SMILES string of the molecule is Fc1ccc(NC(c2ccccc2)c2ccccn2)cc1. The molecule has 1 atom stereocenters. The highest BCUT2D eigenvalue weighted by Crippen LogP contribution is 2.25. The van der Waals surface area contributed by atoms with Gasteiger partial charge in [0.15, 0.2) is 0 Å². The highest BCUT2D eigenvalue weighted by molar-refractivity contribution is 5.48. The summed E-state index contributed by atoms with van der Waals surface area (Å²) in [5, 5.41) is 3.41. The lowest BCUT2D eigenvalue weighted by atomic mass is 10.0. The summed E-state index contributed by atoms with van der Waals surface area (Å²) in [5.41, 5.74) is 2.89. The van der Waals surface area contributed by atoms with E-state index in [1.807, 2.05) is 36.4 Å². The Morgan fingerprint density at radius 2 is 1.52 bits per heavy atom. The van der Waals surface area contributed by atoms with Crippen molar-refractivity contribution in [3.05, 3.63) is 96.1 Å². The molecule has 0 bridgehead atoms. The van der Waals surface area contributed by atoms with Gasteiger partial charge < -0.3 is 5.32 Å². The Morgan fingerprint density at radius 3 is 2.19 bits per heavy atom. The standard InChI is InChI=1S/C18H15FN2/c19-15-9-11-16(12-10-15)21-18(14-6-2-1-3-7-14)17-8-4-5-13-20-17/h1-13,18,21H. The average Bonchev–Trinajstić information content (AvgIpc) is 2.56. The van der Waals surface area contributed by atoms with Crippen LogP contribution in [0, 0.1) is 5.82 Å². The lowest BCUT2D eigenvalue weighted by Gasteiger charge is -2.20. The predicted octanol–water partition coefficient (Wildman–Crippen LogP) is 4.42. The van der Waals surface area contributed by atoms with E-state index in [1.54, 1.807) is 18.3 Å². The molecule has 2 aromatic carbocycles. The summed E-state index contributed by atoms with van der Waals surface area (Å²) in [7, 11) is 0.